The first-order valence-corrected chi connectivity index (χ1v) is 9.29. The van der Waals surface area contributed by atoms with E-state index in [0.717, 1.165) is 35.3 Å². The van der Waals surface area contributed by atoms with Crippen molar-refractivity contribution in [2.45, 2.75) is 46.3 Å². The number of carbonyl (C=O) groups excluding carboxylic acids is 1. The molecule has 0 aliphatic heterocycles. The molecule has 7 heteroatoms. The number of aliphatic carboxylic acids is 1. The summed E-state index contributed by atoms with van der Waals surface area (Å²) in [7, 11) is 0. The molecule has 2 aromatic rings. The van der Waals surface area contributed by atoms with E-state index in [1.54, 1.807) is 0 Å². The Balaban J connectivity index is 0.00000156. The van der Waals surface area contributed by atoms with Gasteiger partial charge in [0.05, 0.1) is 0 Å². The molecule has 1 amide bonds. The lowest BCUT2D eigenvalue weighted by Gasteiger charge is -2.33. The maximum atomic E-state index is 11.8. The zero-order valence-corrected chi connectivity index (χ0v) is 16.2. The van der Waals surface area contributed by atoms with Gasteiger partial charge in [0.15, 0.2) is 0 Å². The van der Waals surface area contributed by atoms with Crippen molar-refractivity contribution in [2.24, 2.45) is 0 Å². The number of carboxylic acids is 1. The van der Waals surface area contributed by atoms with Crippen molar-refractivity contribution in [3.8, 4) is 5.75 Å². The van der Waals surface area contributed by atoms with Gasteiger partial charge in [-0.1, -0.05) is 37.8 Å². The highest BCUT2D eigenvalue weighted by molar-refractivity contribution is 5.80. The lowest BCUT2D eigenvalue weighted by atomic mass is 9.87. The molecular weight excluding hydrogens is 387 g/mol. The van der Waals surface area contributed by atoms with Crippen molar-refractivity contribution in [2.75, 3.05) is 6.54 Å². The standard InChI is InChI=1S/C22H24N2O4.CH4.FH/c1-15(25)24(13-22(26)27)20-8-6-19-11-21(9-7-18(19)10-20)28-14-17-4-2-16(12-23)3-5-17;;/h2-5,7,9,11-12,20,23H,6,8,10,13-14H2,1H3,(H,26,27);1H4;1H/i/hT. The number of halogens is 1. The van der Waals surface area contributed by atoms with Crippen LogP contribution in [0.1, 0.15) is 43.0 Å². The molecule has 2 N–H and O–H groups in total. The Morgan fingerprint density at radius 1 is 1.27 bits per heavy atom. The van der Waals surface area contributed by atoms with E-state index in [-0.39, 0.29) is 25.9 Å². The van der Waals surface area contributed by atoms with Gasteiger partial charge in [0.1, 0.15) is 18.9 Å². The SMILES string of the molecule is C.CC(=O)N(CC(=O)O)C1CCc2cc(OCc3ccc(C=N)cc3)ccc2C1.[3H]F. The first-order chi connectivity index (χ1) is 14.5. The molecular formula is C23H29FN2O4. The van der Waals surface area contributed by atoms with E-state index in [2.05, 4.69) is 1.45 Å². The fourth-order valence-electron chi connectivity index (χ4n) is 3.59. The van der Waals surface area contributed by atoms with Crippen LogP contribution in [0, 0.1) is 5.41 Å². The zero-order chi connectivity index (χ0) is 22.1. The second kappa shape index (κ2) is 11.1. The number of benzene rings is 2. The highest BCUT2D eigenvalue weighted by atomic mass is 19.0. The van der Waals surface area contributed by atoms with Crippen LogP contribution >= 0.6 is 0 Å². The van der Waals surface area contributed by atoms with Crippen LogP contribution in [0.2, 0.25) is 0 Å². The zero-order valence-electron chi connectivity index (χ0n) is 17.2. The van der Waals surface area contributed by atoms with E-state index in [0.29, 0.717) is 13.0 Å². The van der Waals surface area contributed by atoms with Crippen LogP contribution in [0.5, 0.6) is 5.75 Å². The number of ether oxygens (including phenoxy) is 1. The van der Waals surface area contributed by atoms with Gasteiger partial charge in [-0.05, 0) is 53.6 Å². The molecule has 0 bridgehead atoms. The van der Waals surface area contributed by atoms with Gasteiger partial charge in [0.2, 0.25) is 5.91 Å². The highest BCUT2D eigenvalue weighted by Crippen LogP contribution is 2.28. The Kier molecular flexibility index (Phi) is 8.53. The average molecular weight is 419 g/mol. The Hall–Kier alpha value is -3.22. The van der Waals surface area contributed by atoms with E-state index >= 15 is 0 Å². The summed E-state index contributed by atoms with van der Waals surface area (Å²) >= 11 is 0. The van der Waals surface area contributed by atoms with Crippen molar-refractivity contribution < 1.29 is 24.1 Å². The van der Waals surface area contributed by atoms with Gasteiger partial charge in [-0.2, -0.15) is 0 Å². The second-order valence-electron chi connectivity index (χ2n) is 7.04. The lowest BCUT2D eigenvalue weighted by molar-refractivity contribution is -0.145. The number of carbonyl (C=O) groups is 2. The van der Waals surface area contributed by atoms with Crippen molar-refractivity contribution in [3.63, 3.8) is 0 Å². The van der Waals surface area contributed by atoms with Gasteiger partial charge < -0.3 is 20.2 Å². The van der Waals surface area contributed by atoms with Gasteiger partial charge in [-0.15, -0.1) is 0 Å². The minimum atomic E-state index is -0.988. The number of fused-ring (bicyclic) bond motifs is 1. The molecule has 0 fully saturated rings. The van der Waals surface area contributed by atoms with Crippen LogP contribution in [0.25, 0.3) is 0 Å². The number of hydrogen-bond acceptors (Lipinski definition) is 4. The maximum Gasteiger partial charge on any atom is 0.323 e. The minimum absolute atomic E-state index is 0. The molecule has 0 aromatic heterocycles. The molecule has 0 radical (unpaired) electrons. The Bertz CT molecular complexity index is 890. The molecule has 0 saturated heterocycles. The van der Waals surface area contributed by atoms with E-state index in [1.165, 1.54) is 23.6 Å². The number of nitrogens with one attached hydrogen (secondary N) is 1. The summed E-state index contributed by atoms with van der Waals surface area (Å²) in [6.07, 6.45) is 3.50. The first kappa shape index (κ1) is 23.1. The van der Waals surface area contributed by atoms with Gasteiger partial charge >= 0.3 is 5.97 Å². The number of nitrogens with zero attached hydrogens (tertiary/aromatic N) is 1. The molecule has 1 atom stereocenters. The van der Waals surface area contributed by atoms with Gasteiger partial charge in [-0.25, -0.2) is 0 Å². The second-order valence-corrected chi connectivity index (χ2v) is 7.04. The molecule has 0 spiro atoms. The highest BCUT2D eigenvalue weighted by Gasteiger charge is 2.27. The third-order valence-electron chi connectivity index (χ3n) is 5.08. The Morgan fingerprint density at radius 3 is 2.57 bits per heavy atom. The number of carboxylic acid groups (broad SMARTS) is 1. The summed E-state index contributed by atoms with van der Waals surface area (Å²) in [5.74, 6) is -0.398. The monoisotopic (exact) mass is 418 g/mol. The number of aryl methyl sites for hydroxylation is 1. The molecule has 1 aliphatic rings. The van der Waals surface area contributed by atoms with Gasteiger partial charge in [0, 0.05) is 19.2 Å². The molecule has 0 heterocycles. The van der Waals surface area contributed by atoms with E-state index in [1.807, 2.05) is 42.5 Å². The molecule has 6 nitrogen and oxygen atoms in total. The first-order valence-electron chi connectivity index (χ1n) is 9.67. The van der Waals surface area contributed by atoms with Crippen molar-refractivity contribution >= 4 is 18.1 Å². The van der Waals surface area contributed by atoms with Gasteiger partial charge in [0.25, 0.3) is 1.45 Å². The minimum Gasteiger partial charge on any atom is -0.489 e. The Morgan fingerprint density at radius 2 is 1.97 bits per heavy atom. The molecule has 30 heavy (non-hydrogen) atoms. The van der Waals surface area contributed by atoms with Crippen molar-refractivity contribution in [1.29, 1.82) is 6.86 Å². The smallest absolute Gasteiger partial charge is 0.323 e. The van der Waals surface area contributed by atoms with Crippen molar-refractivity contribution in [1.82, 2.24) is 4.90 Å². The fourth-order valence-corrected chi connectivity index (χ4v) is 3.59. The lowest BCUT2D eigenvalue weighted by Crippen LogP contribution is -2.45. The summed E-state index contributed by atoms with van der Waals surface area (Å²) in [5, 5.41) is 16.3. The van der Waals surface area contributed by atoms with E-state index in [9.17, 15) is 9.59 Å². The van der Waals surface area contributed by atoms with Crippen LogP contribution in [0.4, 0.5) is 4.72 Å². The van der Waals surface area contributed by atoms with Crippen LogP contribution in [0.3, 0.4) is 0 Å². The third kappa shape index (κ3) is 6.14. The molecule has 1 aliphatic carbocycles. The van der Waals surface area contributed by atoms with Crippen LogP contribution in [0.15, 0.2) is 42.5 Å². The van der Waals surface area contributed by atoms with E-state index < -0.39 is 5.97 Å². The molecule has 0 saturated carbocycles. The number of rotatable bonds is 7. The summed E-state index contributed by atoms with van der Waals surface area (Å²) in [6.45, 7) is 1.62. The topological polar surface area (TPSA) is 90.7 Å². The normalized spacial score (nSPS) is 14.6. The predicted molar refractivity (Wildman–Crippen MR) is 115 cm³/mol. The largest absolute Gasteiger partial charge is 0.489 e. The van der Waals surface area contributed by atoms with E-state index in [4.69, 9.17) is 20.0 Å². The Labute approximate surface area is 177 Å². The van der Waals surface area contributed by atoms with Crippen LogP contribution in [-0.4, -0.2) is 42.1 Å². The fraction of sp³-hybridized carbons (Fsp3) is 0.348. The van der Waals surface area contributed by atoms with Gasteiger partial charge in [-0.3, -0.25) is 14.3 Å². The average Bonchev–Trinajstić information content (AvgIpc) is 2.77. The summed E-state index contributed by atoms with van der Waals surface area (Å²) in [6, 6.07) is 13.5. The maximum absolute atomic E-state index is 11.8. The summed E-state index contributed by atoms with van der Waals surface area (Å²) in [5.41, 5.74) is 4.21. The predicted octanol–water partition coefficient (Wildman–Crippen LogP) is 3.84. The number of hydrogen-bond donors (Lipinski definition) is 2. The third-order valence-corrected chi connectivity index (χ3v) is 5.08. The summed E-state index contributed by atoms with van der Waals surface area (Å²) in [4.78, 5) is 24.3. The van der Waals surface area contributed by atoms with Crippen LogP contribution < -0.4 is 4.74 Å². The summed E-state index contributed by atoms with van der Waals surface area (Å²) < 4.78 is 18.9. The van der Waals surface area contributed by atoms with Crippen LogP contribution in [-0.2, 0) is 29.0 Å². The molecule has 162 valence electrons. The quantitative estimate of drug-likeness (QED) is 0.669. The van der Waals surface area contributed by atoms with Crippen molar-refractivity contribution in [3.05, 3.63) is 64.7 Å². The molecule has 1 unspecified atom stereocenters. The molecule has 3 rings (SSSR count). The molecule has 2 aromatic carbocycles. The number of amides is 1.